The first-order valence-corrected chi connectivity index (χ1v) is 13.3. The normalized spacial score (nSPS) is 12.6. The first kappa shape index (κ1) is 22.7. The summed E-state index contributed by atoms with van der Waals surface area (Å²) < 4.78 is 41.1. The van der Waals surface area contributed by atoms with E-state index in [2.05, 4.69) is 4.99 Å². The van der Waals surface area contributed by atoms with Crippen molar-refractivity contribution in [3.63, 3.8) is 0 Å². The van der Waals surface area contributed by atoms with Gasteiger partial charge in [-0.25, -0.2) is 12.8 Å². The van der Waals surface area contributed by atoms with E-state index in [1.165, 1.54) is 23.5 Å². The summed E-state index contributed by atoms with van der Waals surface area (Å²) in [5, 5.41) is 0. The van der Waals surface area contributed by atoms with Crippen LogP contribution < -0.4 is 4.80 Å². The zero-order valence-electron chi connectivity index (χ0n) is 16.8. The molecule has 160 valence electrons. The summed E-state index contributed by atoms with van der Waals surface area (Å²) in [5.74, 6) is 0.0138. The third-order valence-electron chi connectivity index (χ3n) is 4.57. The van der Waals surface area contributed by atoms with Crippen LogP contribution in [0, 0.1) is 12.7 Å². The van der Waals surface area contributed by atoms with Gasteiger partial charge in [-0.1, -0.05) is 29.0 Å². The lowest BCUT2D eigenvalue weighted by molar-refractivity contribution is -0.118. The molecule has 1 aromatic heterocycles. The molecule has 0 aliphatic rings. The molecule has 30 heavy (non-hydrogen) atoms. The van der Waals surface area contributed by atoms with Gasteiger partial charge in [-0.15, -0.1) is 0 Å². The predicted molar refractivity (Wildman–Crippen MR) is 121 cm³/mol. The average Bonchev–Trinajstić information content (AvgIpc) is 3.02. The second-order valence-corrected chi connectivity index (χ2v) is 11.0. The number of halogens is 1. The van der Waals surface area contributed by atoms with Gasteiger partial charge in [0, 0.05) is 18.7 Å². The predicted octanol–water partition coefficient (Wildman–Crippen LogP) is 4.19. The quantitative estimate of drug-likeness (QED) is 0.499. The Balaban J connectivity index is 1.74. The molecule has 0 atom stereocenters. The molecule has 0 unspecified atom stereocenters. The number of thiazole rings is 1. The van der Waals surface area contributed by atoms with Crippen molar-refractivity contribution in [3.8, 4) is 0 Å². The maximum absolute atomic E-state index is 13.6. The smallest absolute Gasteiger partial charge is 0.248 e. The molecule has 9 heteroatoms. The van der Waals surface area contributed by atoms with Gasteiger partial charge in [-0.3, -0.25) is 4.79 Å². The number of rotatable bonds is 8. The summed E-state index contributed by atoms with van der Waals surface area (Å²) in [4.78, 5) is 17.4. The molecule has 5 nitrogen and oxygen atoms in total. The van der Waals surface area contributed by atoms with E-state index in [9.17, 15) is 17.6 Å². The Morgan fingerprint density at radius 3 is 2.63 bits per heavy atom. The summed E-state index contributed by atoms with van der Waals surface area (Å²) in [5.41, 5.74) is 1.82. The Morgan fingerprint density at radius 1 is 1.20 bits per heavy atom. The number of benzene rings is 2. The van der Waals surface area contributed by atoms with Crippen LogP contribution in [0.5, 0.6) is 0 Å². The summed E-state index contributed by atoms with van der Waals surface area (Å²) in [7, 11) is -3.43. The summed E-state index contributed by atoms with van der Waals surface area (Å²) >= 11 is 2.93. The topological polar surface area (TPSA) is 68.5 Å². The number of sulfone groups is 1. The lowest BCUT2D eigenvalue weighted by Crippen LogP contribution is -2.18. The molecule has 0 saturated carbocycles. The highest BCUT2D eigenvalue weighted by atomic mass is 32.2. The number of aromatic nitrogens is 1. The third kappa shape index (κ3) is 5.59. The van der Waals surface area contributed by atoms with Crippen molar-refractivity contribution in [1.82, 2.24) is 4.57 Å². The van der Waals surface area contributed by atoms with E-state index >= 15 is 0 Å². The van der Waals surface area contributed by atoms with Gasteiger partial charge in [0.15, 0.2) is 14.6 Å². The minimum Gasteiger partial charge on any atom is -0.316 e. The number of amides is 1. The lowest BCUT2D eigenvalue weighted by atomic mass is 10.2. The van der Waals surface area contributed by atoms with Gasteiger partial charge >= 0.3 is 0 Å². The molecule has 0 radical (unpaired) electrons. The Morgan fingerprint density at radius 2 is 1.93 bits per heavy atom. The van der Waals surface area contributed by atoms with Crippen LogP contribution in [0.1, 0.15) is 18.4 Å². The van der Waals surface area contributed by atoms with Crippen molar-refractivity contribution in [3.05, 3.63) is 58.6 Å². The fraction of sp³-hybridized carbons (Fsp3) is 0.333. The Bertz CT molecular complexity index is 1210. The van der Waals surface area contributed by atoms with Gasteiger partial charge in [0.25, 0.3) is 0 Å². The summed E-state index contributed by atoms with van der Waals surface area (Å²) in [6.45, 7) is 2.55. The van der Waals surface area contributed by atoms with Crippen LogP contribution in [0.3, 0.4) is 0 Å². The first-order chi connectivity index (χ1) is 14.3. The molecule has 0 aliphatic carbocycles. The van der Waals surface area contributed by atoms with Crippen LogP contribution in [0.25, 0.3) is 10.2 Å². The molecule has 1 heterocycles. The largest absolute Gasteiger partial charge is 0.316 e. The van der Waals surface area contributed by atoms with Crippen LogP contribution >= 0.6 is 23.1 Å². The number of hydrogen-bond donors (Lipinski definition) is 0. The molecule has 0 spiro atoms. The molecule has 0 bridgehead atoms. The highest BCUT2D eigenvalue weighted by Crippen LogP contribution is 2.19. The number of nitrogens with zero attached hydrogens (tertiary/aromatic N) is 2. The van der Waals surface area contributed by atoms with Crippen LogP contribution in [0.2, 0.25) is 0 Å². The van der Waals surface area contributed by atoms with Crippen molar-refractivity contribution < 1.29 is 17.6 Å². The monoisotopic (exact) mass is 466 g/mol. The standard InChI is InChI=1S/C21H23FN2O3S3/c1-15-5-8-17(9-6-15)30(26,27)13-3-4-20(25)23-21-24(11-12-28-2)18-10-7-16(22)14-19(18)29-21/h5-10,14H,3-4,11-13H2,1-2H3. The number of fused-ring (bicyclic) bond motifs is 1. The maximum atomic E-state index is 13.6. The molecule has 3 rings (SSSR count). The second kappa shape index (κ2) is 9.89. The number of thioether (sulfide) groups is 1. The zero-order chi connectivity index (χ0) is 21.7. The van der Waals surface area contributed by atoms with Crippen LogP contribution in [-0.4, -0.2) is 36.7 Å². The van der Waals surface area contributed by atoms with Gasteiger partial charge in [0.2, 0.25) is 5.91 Å². The second-order valence-electron chi connectivity index (χ2n) is 6.88. The highest BCUT2D eigenvalue weighted by molar-refractivity contribution is 7.98. The zero-order valence-corrected chi connectivity index (χ0v) is 19.2. The van der Waals surface area contributed by atoms with E-state index in [1.807, 2.05) is 17.7 Å². The molecule has 1 amide bonds. The molecule has 0 fully saturated rings. The van der Waals surface area contributed by atoms with Crippen molar-refractivity contribution in [2.24, 2.45) is 4.99 Å². The molecule has 0 N–H and O–H groups in total. The van der Waals surface area contributed by atoms with E-state index in [-0.39, 0.29) is 35.2 Å². The highest BCUT2D eigenvalue weighted by Gasteiger charge is 2.15. The van der Waals surface area contributed by atoms with Gasteiger partial charge in [0.05, 0.1) is 20.9 Å². The number of hydrogen-bond acceptors (Lipinski definition) is 5. The van der Waals surface area contributed by atoms with Crippen molar-refractivity contribution >= 4 is 49.1 Å². The number of carbonyl (C=O) groups excluding carboxylic acids is 1. The van der Waals surface area contributed by atoms with E-state index in [4.69, 9.17) is 0 Å². The van der Waals surface area contributed by atoms with E-state index in [0.29, 0.717) is 11.3 Å². The van der Waals surface area contributed by atoms with E-state index < -0.39 is 9.84 Å². The van der Waals surface area contributed by atoms with Gasteiger partial charge in [-0.2, -0.15) is 16.8 Å². The van der Waals surface area contributed by atoms with Crippen molar-refractivity contribution in [1.29, 1.82) is 0 Å². The van der Waals surface area contributed by atoms with Gasteiger partial charge < -0.3 is 4.57 Å². The van der Waals surface area contributed by atoms with Crippen LogP contribution in [-0.2, 0) is 21.2 Å². The molecule has 3 aromatic rings. The molecule has 2 aromatic carbocycles. The lowest BCUT2D eigenvalue weighted by Gasteiger charge is -2.04. The molecule has 0 aliphatic heterocycles. The van der Waals surface area contributed by atoms with Crippen molar-refractivity contribution in [2.75, 3.05) is 17.8 Å². The SMILES string of the molecule is CSCCn1c(=NC(=O)CCCS(=O)(=O)c2ccc(C)cc2)sc2cc(F)ccc21. The Hall–Kier alpha value is -1.97. The summed E-state index contributed by atoms with van der Waals surface area (Å²) in [6.07, 6.45) is 2.23. The minimum absolute atomic E-state index is 0.0379. The third-order valence-corrected chi connectivity index (χ3v) is 8.02. The van der Waals surface area contributed by atoms with Gasteiger partial charge in [-0.05, 0) is 49.9 Å². The number of aryl methyl sites for hydroxylation is 2. The van der Waals surface area contributed by atoms with Crippen LogP contribution in [0.4, 0.5) is 4.39 Å². The Labute approximate surface area is 183 Å². The summed E-state index contributed by atoms with van der Waals surface area (Å²) in [6, 6.07) is 11.2. The number of carbonyl (C=O) groups is 1. The van der Waals surface area contributed by atoms with E-state index in [1.54, 1.807) is 42.1 Å². The average molecular weight is 467 g/mol. The maximum Gasteiger partial charge on any atom is 0.248 e. The van der Waals surface area contributed by atoms with E-state index in [0.717, 1.165) is 21.5 Å². The Kier molecular flexibility index (Phi) is 7.49. The fourth-order valence-corrected chi connectivity index (χ4v) is 5.74. The van der Waals surface area contributed by atoms with Crippen molar-refractivity contribution in [2.45, 2.75) is 31.2 Å². The first-order valence-electron chi connectivity index (χ1n) is 9.45. The van der Waals surface area contributed by atoms with Crippen LogP contribution in [0.15, 0.2) is 52.4 Å². The fourth-order valence-electron chi connectivity index (χ4n) is 2.97. The minimum atomic E-state index is -3.43. The van der Waals surface area contributed by atoms with Gasteiger partial charge in [0.1, 0.15) is 5.82 Å². The molecule has 0 saturated heterocycles. The molecular weight excluding hydrogens is 443 g/mol. The molecular formula is C21H23FN2O3S3.